The van der Waals surface area contributed by atoms with Gasteiger partial charge in [0.1, 0.15) is 11.8 Å². The third-order valence-electron chi connectivity index (χ3n) is 3.50. The molecule has 1 aromatic rings. The Hall–Kier alpha value is -1.57. The highest BCUT2D eigenvalue weighted by Gasteiger charge is 2.23. The van der Waals surface area contributed by atoms with Crippen molar-refractivity contribution in [2.24, 2.45) is 5.92 Å². The summed E-state index contributed by atoms with van der Waals surface area (Å²) in [6.45, 7) is 4.96. The van der Waals surface area contributed by atoms with E-state index in [1.165, 1.54) is 5.56 Å². The number of hydrogen-bond donors (Lipinski definition) is 1. The lowest BCUT2D eigenvalue weighted by Gasteiger charge is -2.14. The molecular formula is C15H20N2O2. The van der Waals surface area contributed by atoms with Crippen LogP contribution in [0, 0.1) is 17.2 Å². The van der Waals surface area contributed by atoms with Crippen LogP contribution < -0.4 is 10.1 Å². The summed E-state index contributed by atoms with van der Waals surface area (Å²) in [6, 6.07) is 9.80. The zero-order chi connectivity index (χ0) is 13.5. The van der Waals surface area contributed by atoms with Crippen molar-refractivity contribution in [2.45, 2.75) is 26.0 Å². The Balaban J connectivity index is 1.72. The summed E-state index contributed by atoms with van der Waals surface area (Å²) >= 11 is 0. The average molecular weight is 260 g/mol. The van der Waals surface area contributed by atoms with Crippen molar-refractivity contribution in [2.75, 3.05) is 19.8 Å². The summed E-state index contributed by atoms with van der Waals surface area (Å²) in [5.74, 6) is 1.36. The molecule has 19 heavy (non-hydrogen) atoms. The number of hydrogen-bond acceptors (Lipinski definition) is 4. The second-order valence-corrected chi connectivity index (χ2v) is 4.85. The normalized spacial score (nSPS) is 22.1. The van der Waals surface area contributed by atoms with Crippen LogP contribution in [0.15, 0.2) is 24.3 Å². The zero-order valence-corrected chi connectivity index (χ0v) is 11.3. The van der Waals surface area contributed by atoms with Crippen molar-refractivity contribution in [3.63, 3.8) is 0 Å². The van der Waals surface area contributed by atoms with Gasteiger partial charge in [-0.2, -0.15) is 5.26 Å². The molecule has 1 fully saturated rings. The first kappa shape index (κ1) is 13.9. The molecule has 1 N–H and O–H groups in total. The van der Waals surface area contributed by atoms with E-state index >= 15 is 0 Å². The van der Waals surface area contributed by atoms with Crippen LogP contribution in [-0.4, -0.2) is 25.9 Å². The summed E-state index contributed by atoms with van der Waals surface area (Å²) in [5, 5.41) is 11.9. The Labute approximate surface area is 114 Å². The number of nitrogens with zero attached hydrogens (tertiary/aromatic N) is 1. The van der Waals surface area contributed by atoms with Gasteiger partial charge in [-0.1, -0.05) is 12.1 Å². The fourth-order valence-electron chi connectivity index (χ4n) is 2.27. The third kappa shape index (κ3) is 4.23. The van der Waals surface area contributed by atoms with E-state index in [1.807, 2.05) is 30.3 Å². The van der Waals surface area contributed by atoms with Crippen LogP contribution in [0.3, 0.4) is 0 Å². The topological polar surface area (TPSA) is 54.3 Å². The molecule has 4 nitrogen and oxygen atoms in total. The monoisotopic (exact) mass is 260 g/mol. The van der Waals surface area contributed by atoms with E-state index in [0.717, 1.165) is 31.9 Å². The van der Waals surface area contributed by atoms with E-state index in [9.17, 15) is 0 Å². The maximum Gasteiger partial charge on any atom is 0.174 e. The number of benzene rings is 1. The Kier molecular flexibility index (Phi) is 5.20. The van der Waals surface area contributed by atoms with Crippen molar-refractivity contribution >= 4 is 0 Å². The smallest absolute Gasteiger partial charge is 0.174 e. The van der Waals surface area contributed by atoms with Crippen molar-refractivity contribution in [3.8, 4) is 11.8 Å². The number of rotatable bonds is 6. The molecule has 2 rings (SSSR count). The lowest BCUT2D eigenvalue weighted by Crippen LogP contribution is -2.26. The van der Waals surface area contributed by atoms with Gasteiger partial charge in [-0.3, -0.25) is 0 Å². The van der Waals surface area contributed by atoms with Crippen LogP contribution in [0.5, 0.6) is 5.75 Å². The van der Waals surface area contributed by atoms with Gasteiger partial charge < -0.3 is 14.8 Å². The molecule has 0 bridgehead atoms. The Morgan fingerprint density at radius 1 is 1.42 bits per heavy atom. The summed E-state index contributed by atoms with van der Waals surface area (Å²) in [7, 11) is 0. The SMILES string of the molecule is CC1OCCC1CNCc1ccc(OCC#N)cc1. The third-order valence-corrected chi connectivity index (χ3v) is 3.50. The van der Waals surface area contributed by atoms with E-state index in [0.29, 0.717) is 12.0 Å². The minimum Gasteiger partial charge on any atom is -0.479 e. The molecule has 2 atom stereocenters. The molecule has 1 aliphatic heterocycles. The molecule has 0 aromatic heterocycles. The van der Waals surface area contributed by atoms with Crippen LogP contribution in [-0.2, 0) is 11.3 Å². The van der Waals surface area contributed by atoms with E-state index in [4.69, 9.17) is 14.7 Å². The molecule has 1 heterocycles. The first-order valence-corrected chi connectivity index (χ1v) is 6.70. The zero-order valence-electron chi connectivity index (χ0n) is 11.3. The largest absolute Gasteiger partial charge is 0.479 e. The van der Waals surface area contributed by atoms with Crippen LogP contribution in [0.2, 0.25) is 0 Å². The molecule has 0 spiro atoms. The van der Waals surface area contributed by atoms with E-state index in [2.05, 4.69) is 12.2 Å². The first-order valence-electron chi connectivity index (χ1n) is 6.70. The second-order valence-electron chi connectivity index (χ2n) is 4.85. The lowest BCUT2D eigenvalue weighted by atomic mass is 10.0. The first-order chi connectivity index (χ1) is 9.29. The molecule has 1 aromatic carbocycles. The highest BCUT2D eigenvalue weighted by atomic mass is 16.5. The lowest BCUT2D eigenvalue weighted by molar-refractivity contribution is 0.105. The standard InChI is InChI=1S/C15H20N2O2/c1-12-14(6-8-18-12)11-17-10-13-2-4-15(5-3-13)19-9-7-16/h2-5,12,14,17H,6,8-11H2,1H3. The maximum absolute atomic E-state index is 8.43. The molecule has 1 aliphatic rings. The van der Waals surface area contributed by atoms with Gasteiger partial charge >= 0.3 is 0 Å². The van der Waals surface area contributed by atoms with E-state index in [1.54, 1.807) is 0 Å². The van der Waals surface area contributed by atoms with Crippen LogP contribution in [0.25, 0.3) is 0 Å². The summed E-state index contributed by atoms with van der Waals surface area (Å²) in [4.78, 5) is 0. The van der Waals surface area contributed by atoms with Crippen LogP contribution in [0.4, 0.5) is 0 Å². The van der Waals surface area contributed by atoms with E-state index < -0.39 is 0 Å². The van der Waals surface area contributed by atoms with Gasteiger partial charge in [0.25, 0.3) is 0 Å². The van der Waals surface area contributed by atoms with Crippen molar-refractivity contribution in [1.82, 2.24) is 5.32 Å². The predicted molar refractivity (Wildman–Crippen MR) is 72.8 cm³/mol. The number of nitriles is 1. The number of ether oxygens (including phenoxy) is 2. The van der Waals surface area contributed by atoms with Gasteiger partial charge in [0.05, 0.1) is 6.10 Å². The molecule has 1 saturated heterocycles. The molecule has 102 valence electrons. The minimum absolute atomic E-state index is 0.0944. The van der Waals surface area contributed by atoms with Crippen molar-refractivity contribution < 1.29 is 9.47 Å². The van der Waals surface area contributed by atoms with Crippen LogP contribution >= 0.6 is 0 Å². The van der Waals surface area contributed by atoms with Gasteiger partial charge in [0.2, 0.25) is 0 Å². The van der Waals surface area contributed by atoms with E-state index in [-0.39, 0.29) is 6.61 Å². The molecular weight excluding hydrogens is 240 g/mol. The predicted octanol–water partition coefficient (Wildman–Crippen LogP) is 2.10. The average Bonchev–Trinajstić information content (AvgIpc) is 2.84. The quantitative estimate of drug-likeness (QED) is 0.851. The fourth-order valence-corrected chi connectivity index (χ4v) is 2.27. The molecule has 0 saturated carbocycles. The molecule has 0 aliphatic carbocycles. The van der Waals surface area contributed by atoms with Gasteiger partial charge in [0, 0.05) is 19.7 Å². The van der Waals surface area contributed by atoms with Gasteiger partial charge in [0.15, 0.2) is 6.61 Å². The Morgan fingerprint density at radius 2 is 2.21 bits per heavy atom. The summed E-state index contributed by atoms with van der Waals surface area (Å²) in [5.41, 5.74) is 1.22. The molecule has 4 heteroatoms. The summed E-state index contributed by atoms with van der Waals surface area (Å²) in [6.07, 6.45) is 1.52. The van der Waals surface area contributed by atoms with Crippen molar-refractivity contribution in [1.29, 1.82) is 5.26 Å². The summed E-state index contributed by atoms with van der Waals surface area (Å²) < 4.78 is 10.8. The Bertz CT molecular complexity index is 425. The molecule has 0 radical (unpaired) electrons. The van der Waals surface area contributed by atoms with Gasteiger partial charge in [-0.05, 0) is 37.0 Å². The second kappa shape index (κ2) is 7.13. The Morgan fingerprint density at radius 3 is 2.84 bits per heavy atom. The van der Waals surface area contributed by atoms with Crippen molar-refractivity contribution in [3.05, 3.63) is 29.8 Å². The number of nitrogens with one attached hydrogen (secondary N) is 1. The highest BCUT2D eigenvalue weighted by Crippen LogP contribution is 2.19. The molecule has 2 unspecified atom stereocenters. The minimum atomic E-state index is 0.0944. The fraction of sp³-hybridized carbons (Fsp3) is 0.533. The van der Waals surface area contributed by atoms with Gasteiger partial charge in [-0.25, -0.2) is 0 Å². The van der Waals surface area contributed by atoms with Crippen LogP contribution in [0.1, 0.15) is 18.9 Å². The highest BCUT2D eigenvalue weighted by molar-refractivity contribution is 5.27. The molecule has 0 amide bonds. The van der Waals surface area contributed by atoms with Gasteiger partial charge in [-0.15, -0.1) is 0 Å². The maximum atomic E-state index is 8.43.